The smallest absolute Gasteiger partial charge is 0.254 e. The number of hydrogen-bond donors (Lipinski definition) is 1. The van der Waals surface area contributed by atoms with Crippen LogP contribution in [0, 0.1) is 0 Å². The topological polar surface area (TPSA) is 32.3 Å². The Morgan fingerprint density at radius 3 is 2.56 bits per heavy atom. The summed E-state index contributed by atoms with van der Waals surface area (Å²) in [5.41, 5.74) is 2.05. The molecular weight excluding hydrogens is 328 g/mol. The highest BCUT2D eigenvalue weighted by Gasteiger charge is 2.26. The predicted octanol–water partition coefficient (Wildman–Crippen LogP) is 4.19. The quantitative estimate of drug-likeness (QED) is 0.757. The van der Waals surface area contributed by atoms with Gasteiger partial charge in [0.15, 0.2) is 0 Å². The van der Waals surface area contributed by atoms with Crippen LogP contribution >= 0.6 is 11.8 Å². The van der Waals surface area contributed by atoms with Crippen molar-refractivity contribution in [1.29, 1.82) is 0 Å². The van der Waals surface area contributed by atoms with Crippen molar-refractivity contribution in [3.63, 3.8) is 0 Å². The maximum atomic E-state index is 12.9. The van der Waals surface area contributed by atoms with Crippen molar-refractivity contribution in [2.24, 2.45) is 0 Å². The zero-order chi connectivity index (χ0) is 17.5. The Labute approximate surface area is 154 Å². The fourth-order valence-electron chi connectivity index (χ4n) is 3.19. The number of benzene rings is 2. The molecule has 0 aliphatic carbocycles. The molecule has 2 aromatic carbocycles. The van der Waals surface area contributed by atoms with E-state index in [9.17, 15) is 4.79 Å². The largest absolute Gasteiger partial charge is 0.334 e. The van der Waals surface area contributed by atoms with Crippen molar-refractivity contribution < 1.29 is 4.79 Å². The van der Waals surface area contributed by atoms with Crippen LogP contribution in [0.1, 0.15) is 35.7 Å². The summed E-state index contributed by atoms with van der Waals surface area (Å²) in [6.45, 7) is 4.88. The minimum Gasteiger partial charge on any atom is -0.334 e. The molecule has 1 amide bonds. The minimum absolute atomic E-state index is 0.165. The van der Waals surface area contributed by atoms with Crippen molar-refractivity contribution in [3.8, 4) is 0 Å². The molecule has 1 atom stereocenters. The van der Waals surface area contributed by atoms with Crippen LogP contribution < -0.4 is 5.32 Å². The van der Waals surface area contributed by atoms with Gasteiger partial charge in [-0.25, -0.2) is 0 Å². The highest BCUT2D eigenvalue weighted by atomic mass is 32.2. The summed E-state index contributed by atoms with van der Waals surface area (Å²) in [6, 6.07) is 18.9. The summed E-state index contributed by atoms with van der Waals surface area (Å²) in [5, 5.41) is 3.36. The standard InChI is InChI=1S/C21H26N2OS/c1-2-14-23(19-12-13-22-15-19)21(24)18-10-8-17(9-11-18)16-25-20-6-4-3-5-7-20/h3-11,19,22H,2,12-16H2,1H3. The number of carbonyl (C=O) groups is 1. The summed E-state index contributed by atoms with van der Waals surface area (Å²) in [6.07, 6.45) is 2.05. The molecule has 1 aliphatic heterocycles. The summed E-state index contributed by atoms with van der Waals surface area (Å²) in [4.78, 5) is 16.2. The first-order valence-corrected chi connectivity index (χ1v) is 10.0. The van der Waals surface area contributed by atoms with Gasteiger partial charge in [-0.15, -0.1) is 11.8 Å². The van der Waals surface area contributed by atoms with Crippen LogP contribution in [0.15, 0.2) is 59.5 Å². The van der Waals surface area contributed by atoms with Gasteiger partial charge in [0, 0.05) is 35.3 Å². The molecule has 1 heterocycles. The molecule has 0 saturated carbocycles. The normalized spacial score (nSPS) is 16.8. The molecule has 1 aliphatic rings. The molecule has 0 spiro atoms. The zero-order valence-electron chi connectivity index (χ0n) is 14.8. The Bertz CT molecular complexity index is 666. The Kier molecular flexibility index (Phi) is 6.54. The molecule has 0 radical (unpaired) electrons. The van der Waals surface area contributed by atoms with Crippen LogP contribution in [-0.4, -0.2) is 36.5 Å². The number of nitrogens with one attached hydrogen (secondary N) is 1. The van der Waals surface area contributed by atoms with Crippen LogP contribution in [0.4, 0.5) is 0 Å². The lowest BCUT2D eigenvalue weighted by Gasteiger charge is -2.28. The first kappa shape index (κ1) is 18.0. The Balaban J connectivity index is 1.62. The van der Waals surface area contributed by atoms with Crippen molar-refractivity contribution in [2.75, 3.05) is 19.6 Å². The number of amides is 1. The molecule has 0 aromatic heterocycles. The van der Waals surface area contributed by atoms with Gasteiger partial charge in [0.05, 0.1) is 0 Å². The van der Waals surface area contributed by atoms with E-state index in [1.807, 2.05) is 34.9 Å². The summed E-state index contributed by atoms with van der Waals surface area (Å²) < 4.78 is 0. The van der Waals surface area contributed by atoms with Gasteiger partial charge in [0.1, 0.15) is 0 Å². The van der Waals surface area contributed by atoms with E-state index in [2.05, 4.69) is 48.6 Å². The second-order valence-electron chi connectivity index (χ2n) is 6.44. The zero-order valence-corrected chi connectivity index (χ0v) is 15.6. The lowest BCUT2D eigenvalue weighted by molar-refractivity contribution is 0.0692. The predicted molar refractivity (Wildman–Crippen MR) is 105 cm³/mol. The fourth-order valence-corrected chi connectivity index (χ4v) is 4.06. The Hall–Kier alpha value is -1.78. The average Bonchev–Trinajstić information content (AvgIpc) is 3.19. The molecule has 1 N–H and O–H groups in total. The number of rotatable bonds is 7. The van der Waals surface area contributed by atoms with Crippen LogP contribution in [0.5, 0.6) is 0 Å². The second kappa shape index (κ2) is 9.07. The van der Waals surface area contributed by atoms with E-state index >= 15 is 0 Å². The monoisotopic (exact) mass is 354 g/mol. The maximum Gasteiger partial charge on any atom is 0.254 e. The highest BCUT2D eigenvalue weighted by Crippen LogP contribution is 2.23. The minimum atomic E-state index is 0.165. The third-order valence-corrected chi connectivity index (χ3v) is 5.63. The van der Waals surface area contributed by atoms with Crippen molar-refractivity contribution in [2.45, 2.75) is 36.5 Å². The van der Waals surface area contributed by atoms with Gasteiger partial charge in [0.2, 0.25) is 0 Å². The highest BCUT2D eigenvalue weighted by molar-refractivity contribution is 7.98. The van der Waals surface area contributed by atoms with Gasteiger partial charge in [-0.1, -0.05) is 37.3 Å². The van der Waals surface area contributed by atoms with Gasteiger partial charge in [0.25, 0.3) is 5.91 Å². The third kappa shape index (κ3) is 4.86. The van der Waals surface area contributed by atoms with E-state index < -0.39 is 0 Å². The Morgan fingerprint density at radius 1 is 1.16 bits per heavy atom. The summed E-state index contributed by atoms with van der Waals surface area (Å²) in [5.74, 6) is 1.08. The Morgan fingerprint density at radius 2 is 1.92 bits per heavy atom. The average molecular weight is 355 g/mol. The van der Waals surface area contributed by atoms with Crippen LogP contribution in [-0.2, 0) is 5.75 Å². The van der Waals surface area contributed by atoms with Crippen molar-refractivity contribution in [1.82, 2.24) is 10.2 Å². The fraction of sp³-hybridized carbons (Fsp3) is 0.381. The molecule has 25 heavy (non-hydrogen) atoms. The van der Waals surface area contributed by atoms with Gasteiger partial charge in [-0.2, -0.15) is 0 Å². The molecular formula is C21H26N2OS. The lowest BCUT2D eigenvalue weighted by Crippen LogP contribution is -2.42. The van der Waals surface area contributed by atoms with Gasteiger partial charge < -0.3 is 10.2 Å². The van der Waals surface area contributed by atoms with Gasteiger partial charge in [-0.3, -0.25) is 4.79 Å². The molecule has 0 bridgehead atoms. The van der Waals surface area contributed by atoms with E-state index in [0.717, 1.165) is 43.8 Å². The van der Waals surface area contributed by atoms with E-state index in [1.165, 1.54) is 10.5 Å². The molecule has 2 aromatic rings. The second-order valence-corrected chi connectivity index (χ2v) is 7.49. The van der Waals surface area contributed by atoms with Crippen LogP contribution in [0.2, 0.25) is 0 Å². The molecule has 1 unspecified atom stereocenters. The molecule has 1 fully saturated rings. The van der Waals surface area contributed by atoms with E-state index in [0.29, 0.717) is 6.04 Å². The number of hydrogen-bond acceptors (Lipinski definition) is 3. The molecule has 1 saturated heterocycles. The number of thioether (sulfide) groups is 1. The SMILES string of the molecule is CCCN(C(=O)c1ccc(CSc2ccccc2)cc1)C1CCNC1. The molecule has 4 heteroatoms. The van der Waals surface area contributed by atoms with Crippen molar-refractivity contribution >= 4 is 17.7 Å². The number of nitrogens with zero attached hydrogens (tertiary/aromatic N) is 1. The van der Waals surface area contributed by atoms with Gasteiger partial charge >= 0.3 is 0 Å². The summed E-state index contributed by atoms with van der Waals surface area (Å²) in [7, 11) is 0. The van der Waals surface area contributed by atoms with Crippen LogP contribution in [0.3, 0.4) is 0 Å². The first-order valence-electron chi connectivity index (χ1n) is 9.06. The molecule has 3 rings (SSSR count). The van der Waals surface area contributed by atoms with Crippen LogP contribution in [0.25, 0.3) is 0 Å². The maximum absolute atomic E-state index is 12.9. The van der Waals surface area contributed by atoms with E-state index in [4.69, 9.17) is 0 Å². The van der Waals surface area contributed by atoms with E-state index in [1.54, 1.807) is 0 Å². The summed E-state index contributed by atoms with van der Waals surface area (Å²) >= 11 is 1.82. The van der Waals surface area contributed by atoms with E-state index in [-0.39, 0.29) is 5.91 Å². The lowest BCUT2D eigenvalue weighted by atomic mass is 10.1. The third-order valence-electron chi connectivity index (χ3n) is 4.55. The molecule has 132 valence electrons. The van der Waals surface area contributed by atoms with Gasteiger partial charge in [-0.05, 0) is 49.2 Å². The van der Waals surface area contributed by atoms with Crippen molar-refractivity contribution in [3.05, 3.63) is 65.7 Å². The number of carbonyl (C=O) groups excluding carboxylic acids is 1. The molecule has 3 nitrogen and oxygen atoms in total. The first-order chi connectivity index (χ1) is 12.3.